The molecule has 0 saturated heterocycles. The van der Waals surface area contributed by atoms with Crippen LogP contribution in [0.5, 0.6) is 5.75 Å². The van der Waals surface area contributed by atoms with Gasteiger partial charge in [-0.2, -0.15) is 0 Å². The molecule has 1 N–H and O–H groups in total. The molecule has 1 aliphatic heterocycles. The molecule has 1 aliphatic rings. The van der Waals surface area contributed by atoms with Gasteiger partial charge < -0.3 is 10.1 Å². The van der Waals surface area contributed by atoms with E-state index in [9.17, 15) is 0 Å². The number of ether oxygens (including phenoxy) is 1. The maximum absolute atomic E-state index is 6.09. The molecular weight excluding hydrogens is 315 g/mol. The molecule has 1 aromatic heterocycles. The topological polar surface area (TPSA) is 34.2 Å². The standard InChI is InChI=1S/C14H14Cl2N2OS/c1-2-17-10-6-12(14-18-7-13(16)20-14)19-11-4-3-8(15)5-9(10)11/h3-5,7,10,12,17H,2,6H2,1H3. The lowest BCUT2D eigenvalue weighted by Gasteiger charge is -2.31. The van der Waals surface area contributed by atoms with Crippen molar-refractivity contribution in [3.63, 3.8) is 0 Å². The number of rotatable bonds is 3. The van der Waals surface area contributed by atoms with E-state index >= 15 is 0 Å². The van der Waals surface area contributed by atoms with Crippen LogP contribution in [0.15, 0.2) is 24.4 Å². The second kappa shape index (κ2) is 5.90. The van der Waals surface area contributed by atoms with E-state index in [4.69, 9.17) is 27.9 Å². The zero-order valence-electron chi connectivity index (χ0n) is 10.9. The number of aromatic nitrogens is 1. The van der Waals surface area contributed by atoms with Crippen LogP contribution in [-0.4, -0.2) is 11.5 Å². The van der Waals surface area contributed by atoms with E-state index in [2.05, 4.69) is 17.2 Å². The van der Waals surface area contributed by atoms with Gasteiger partial charge in [-0.25, -0.2) is 4.98 Å². The number of halogens is 2. The van der Waals surface area contributed by atoms with Gasteiger partial charge in [0.25, 0.3) is 0 Å². The van der Waals surface area contributed by atoms with Crippen molar-refractivity contribution in [2.45, 2.75) is 25.5 Å². The first-order chi connectivity index (χ1) is 9.67. The van der Waals surface area contributed by atoms with E-state index in [0.29, 0.717) is 4.34 Å². The Bertz CT molecular complexity index is 617. The van der Waals surface area contributed by atoms with E-state index < -0.39 is 0 Å². The van der Waals surface area contributed by atoms with Crippen molar-refractivity contribution in [1.29, 1.82) is 0 Å². The Balaban J connectivity index is 1.94. The number of hydrogen-bond acceptors (Lipinski definition) is 4. The third kappa shape index (κ3) is 2.79. The normalized spacial score (nSPS) is 21.4. The molecule has 1 aromatic carbocycles. The third-order valence-corrected chi connectivity index (χ3v) is 4.73. The molecule has 0 fully saturated rings. The van der Waals surface area contributed by atoms with Crippen molar-refractivity contribution < 1.29 is 4.74 Å². The summed E-state index contributed by atoms with van der Waals surface area (Å²) in [6, 6.07) is 5.95. The second-order valence-electron chi connectivity index (χ2n) is 4.64. The first-order valence-corrected chi connectivity index (χ1v) is 8.05. The Kier molecular flexibility index (Phi) is 4.17. The number of hydrogen-bond donors (Lipinski definition) is 1. The molecule has 2 unspecified atom stereocenters. The van der Waals surface area contributed by atoms with Crippen molar-refractivity contribution in [3.8, 4) is 5.75 Å². The van der Waals surface area contributed by atoms with Crippen LogP contribution in [0.25, 0.3) is 0 Å². The first-order valence-electron chi connectivity index (χ1n) is 6.48. The van der Waals surface area contributed by atoms with E-state index in [-0.39, 0.29) is 12.1 Å². The third-order valence-electron chi connectivity index (χ3n) is 3.29. The molecule has 3 rings (SSSR count). The molecule has 106 valence electrons. The fourth-order valence-electron chi connectivity index (χ4n) is 2.45. The van der Waals surface area contributed by atoms with Crippen LogP contribution in [0, 0.1) is 0 Å². The lowest BCUT2D eigenvalue weighted by atomic mass is 9.96. The van der Waals surface area contributed by atoms with Crippen molar-refractivity contribution in [1.82, 2.24) is 10.3 Å². The minimum atomic E-state index is -0.0646. The van der Waals surface area contributed by atoms with E-state index in [0.717, 1.165) is 34.3 Å². The molecule has 2 atom stereocenters. The number of fused-ring (bicyclic) bond motifs is 1. The molecule has 2 heterocycles. The van der Waals surface area contributed by atoms with Gasteiger partial charge in [-0.15, -0.1) is 11.3 Å². The zero-order valence-corrected chi connectivity index (χ0v) is 13.2. The van der Waals surface area contributed by atoms with Crippen LogP contribution in [0.1, 0.15) is 36.1 Å². The highest BCUT2D eigenvalue weighted by Crippen LogP contribution is 2.42. The summed E-state index contributed by atoms with van der Waals surface area (Å²) in [5.74, 6) is 0.864. The summed E-state index contributed by atoms with van der Waals surface area (Å²) in [5, 5.41) is 5.12. The van der Waals surface area contributed by atoms with Gasteiger partial charge in [-0.3, -0.25) is 0 Å². The molecule has 3 nitrogen and oxygen atoms in total. The van der Waals surface area contributed by atoms with Gasteiger partial charge in [0.1, 0.15) is 15.1 Å². The summed E-state index contributed by atoms with van der Waals surface area (Å²) in [6.45, 7) is 2.98. The SMILES string of the molecule is CCNC1CC(c2ncc(Cl)s2)Oc2ccc(Cl)cc21. The summed E-state index contributed by atoms with van der Waals surface area (Å²) in [5.41, 5.74) is 1.11. The smallest absolute Gasteiger partial charge is 0.152 e. The first kappa shape index (κ1) is 14.1. The van der Waals surface area contributed by atoms with E-state index in [1.807, 2.05) is 18.2 Å². The summed E-state index contributed by atoms with van der Waals surface area (Å²) < 4.78 is 6.74. The van der Waals surface area contributed by atoms with Crippen LogP contribution >= 0.6 is 34.5 Å². The minimum absolute atomic E-state index is 0.0646. The van der Waals surface area contributed by atoms with Crippen LogP contribution in [-0.2, 0) is 0 Å². The molecule has 0 amide bonds. The fourth-order valence-corrected chi connectivity index (χ4v) is 3.60. The second-order valence-corrected chi connectivity index (χ2v) is 6.77. The molecule has 0 radical (unpaired) electrons. The number of thiazole rings is 1. The minimum Gasteiger partial charge on any atom is -0.483 e. The molecule has 20 heavy (non-hydrogen) atoms. The summed E-state index contributed by atoms with van der Waals surface area (Å²) in [4.78, 5) is 4.33. The lowest BCUT2D eigenvalue weighted by molar-refractivity contribution is 0.152. The van der Waals surface area contributed by atoms with Gasteiger partial charge in [0.2, 0.25) is 0 Å². The predicted octanol–water partition coefficient (Wildman–Crippen LogP) is 4.62. The number of nitrogens with one attached hydrogen (secondary N) is 1. The van der Waals surface area contributed by atoms with Crippen molar-refractivity contribution in [2.24, 2.45) is 0 Å². The number of benzene rings is 1. The largest absolute Gasteiger partial charge is 0.483 e. The average molecular weight is 329 g/mol. The molecule has 0 aliphatic carbocycles. The predicted molar refractivity (Wildman–Crippen MR) is 83.0 cm³/mol. The maximum Gasteiger partial charge on any atom is 0.152 e. The van der Waals surface area contributed by atoms with Crippen molar-refractivity contribution in [3.05, 3.63) is 44.3 Å². The average Bonchev–Trinajstić information content (AvgIpc) is 2.86. The fraction of sp³-hybridized carbons (Fsp3) is 0.357. The Labute approximate surface area is 131 Å². The van der Waals surface area contributed by atoms with E-state index in [1.54, 1.807) is 6.20 Å². The van der Waals surface area contributed by atoms with Crippen LogP contribution in [0.2, 0.25) is 9.36 Å². The Morgan fingerprint density at radius 1 is 1.45 bits per heavy atom. The van der Waals surface area contributed by atoms with Crippen LogP contribution in [0.4, 0.5) is 0 Å². The maximum atomic E-state index is 6.09. The molecule has 2 aromatic rings. The number of nitrogens with zero attached hydrogens (tertiary/aromatic N) is 1. The Morgan fingerprint density at radius 3 is 3.00 bits per heavy atom. The Hall–Kier alpha value is -0.810. The lowest BCUT2D eigenvalue weighted by Crippen LogP contribution is -2.28. The van der Waals surface area contributed by atoms with Crippen LogP contribution < -0.4 is 10.1 Å². The van der Waals surface area contributed by atoms with E-state index in [1.165, 1.54) is 11.3 Å². The quantitative estimate of drug-likeness (QED) is 0.892. The van der Waals surface area contributed by atoms with Crippen LogP contribution in [0.3, 0.4) is 0 Å². The van der Waals surface area contributed by atoms with Gasteiger partial charge in [0, 0.05) is 23.0 Å². The molecule has 6 heteroatoms. The monoisotopic (exact) mass is 328 g/mol. The molecule has 0 bridgehead atoms. The van der Waals surface area contributed by atoms with Gasteiger partial charge in [-0.05, 0) is 24.7 Å². The summed E-state index contributed by atoms with van der Waals surface area (Å²) in [6.07, 6.45) is 2.43. The summed E-state index contributed by atoms with van der Waals surface area (Å²) >= 11 is 13.5. The molecule has 0 spiro atoms. The Morgan fingerprint density at radius 2 is 2.30 bits per heavy atom. The highest BCUT2D eigenvalue weighted by molar-refractivity contribution is 7.15. The highest BCUT2D eigenvalue weighted by Gasteiger charge is 2.30. The summed E-state index contributed by atoms with van der Waals surface area (Å²) in [7, 11) is 0. The molecular formula is C14H14Cl2N2OS. The van der Waals surface area contributed by atoms with Gasteiger partial charge in [-0.1, -0.05) is 30.1 Å². The van der Waals surface area contributed by atoms with Crippen molar-refractivity contribution in [2.75, 3.05) is 6.54 Å². The zero-order chi connectivity index (χ0) is 14.1. The van der Waals surface area contributed by atoms with Crippen molar-refractivity contribution >= 4 is 34.5 Å². The molecule has 0 saturated carbocycles. The van der Waals surface area contributed by atoms with Gasteiger partial charge >= 0.3 is 0 Å². The van der Waals surface area contributed by atoms with Gasteiger partial charge in [0.05, 0.1) is 6.20 Å². The highest BCUT2D eigenvalue weighted by atomic mass is 35.5. The van der Waals surface area contributed by atoms with Gasteiger partial charge in [0.15, 0.2) is 6.10 Å².